The predicted octanol–water partition coefficient (Wildman–Crippen LogP) is 2.31. The maximum atomic E-state index is 5.24. The minimum Gasteiger partial charge on any atom is -0.506 e. The summed E-state index contributed by atoms with van der Waals surface area (Å²) in [4.78, 5) is 0. The van der Waals surface area contributed by atoms with Gasteiger partial charge in [0.2, 0.25) is 0 Å². The van der Waals surface area contributed by atoms with Gasteiger partial charge in [-0.2, -0.15) is 0 Å². The highest BCUT2D eigenvalue weighted by Gasteiger charge is 2.44. The van der Waals surface area contributed by atoms with Crippen molar-refractivity contribution in [3.05, 3.63) is 24.7 Å². The molecule has 0 unspecified atom stereocenters. The molecular weight excluding hydrogens is 312 g/mol. The molecule has 0 amide bonds. The lowest BCUT2D eigenvalue weighted by Gasteiger charge is -2.23. The smallest absolute Gasteiger partial charge is 0.506 e. The fourth-order valence-electron chi connectivity index (χ4n) is 1.07. The van der Waals surface area contributed by atoms with Crippen LogP contribution >= 0.6 is 0 Å². The van der Waals surface area contributed by atoms with E-state index in [0.29, 0.717) is 11.5 Å². The quantitative estimate of drug-likeness (QED) is 0.471. The molecule has 0 N–H and O–H groups in total. The first-order chi connectivity index (χ1) is 9.64. The number of allylic oxidation sites excluding steroid dienone is 2. The van der Waals surface area contributed by atoms with Gasteiger partial charge in [-0.05, 0) is 13.8 Å². The van der Waals surface area contributed by atoms with E-state index in [1.165, 1.54) is 21.3 Å². The fraction of sp³-hybridized carbons (Fsp3) is 0.667. The number of hydrogen-bond donors (Lipinski definition) is 0. The fourth-order valence-corrected chi connectivity index (χ4v) is 3.21. The Morgan fingerprint density at radius 1 is 0.667 bits per heavy atom. The third-order valence-corrected chi connectivity index (χ3v) is 6.45. The van der Waals surface area contributed by atoms with E-state index in [4.69, 9.17) is 31.0 Å². The van der Waals surface area contributed by atoms with Crippen LogP contribution in [0.2, 0.25) is 6.55 Å². The Labute approximate surface area is 130 Å². The minimum atomic E-state index is -2.88. The highest BCUT2D eigenvalue weighted by atomic mass is 28.4. The molecule has 0 aromatic rings. The zero-order valence-electron chi connectivity index (χ0n) is 14.3. The van der Waals surface area contributed by atoms with Crippen molar-refractivity contribution in [2.24, 2.45) is 0 Å². The van der Waals surface area contributed by atoms with Crippen LogP contribution in [0.5, 0.6) is 0 Å². The SMILES string of the molecule is C=C(C)O[Si](C)(OC)OC.C=C(C)O[Si](OC)(OC)OC. The molecule has 0 aliphatic rings. The summed E-state index contributed by atoms with van der Waals surface area (Å²) in [5, 5.41) is 0. The molecule has 0 aliphatic carbocycles. The average molecular weight is 341 g/mol. The second-order valence-electron chi connectivity index (χ2n) is 3.99. The highest BCUT2D eigenvalue weighted by Crippen LogP contribution is 2.11. The van der Waals surface area contributed by atoms with Gasteiger partial charge in [0.05, 0.1) is 11.5 Å². The zero-order valence-corrected chi connectivity index (χ0v) is 16.3. The third kappa shape index (κ3) is 9.79. The molecule has 0 heterocycles. The van der Waals surface area contributed by atoms with Crippen molar-refractivity contribution in [1.82, 2.24) is 0 Å². The first-order valence-electron chi connectivity index (χ1n) is 6.09. The van der Waals surface area contributed by atoms with Crippen molar-refractivity contribution in [2.45, 2.75) is 20.4 Å². The van der Waals surface area contributed by atoms with Crippen LogP contribution in [0.1, 0.15) is 13.8 Å². The van der Waals surface area contributed by atoms with Crippen LogP contribution in [0, 0.1) is 0 Å². The first-order valence-corrected chi connectivity index (χ1v) is 9.94. The van der Waals surface area contributed by atoms with E-state index in [0.717, 1.165) is 0 Å². The van der Waals surface area contributed by atoms with Gasteiger partial charge in [0.1, 0.15) is 0 Å². The molecule has 7 nitrogen and oxygen atoms in total. The van der Waals surface area contributed by atoms with Gasteiger partial charge in [0.25, 0.3) is 0 Å². The molecule has 0 aromatic heterocycles. The number of hydrogen-bond acceptors (Lipinski definition) is 7. The lowest BCUT2D eigenvalue weighted by atomic mass is 10.7. The predicted molar refractivity (Wildman–Crippen MR) is 84.2 cm³/mol. The lowest BCUT2D eigenvalue weighted by Crippen LogP contribution is -2.45. The van der Waals surface area contributed by atoms with Gasteiger partial charge in [-0.1, -0.05) is 13.2 Å². The topological polar surface area (TPSA) is 64.6 Å². The van der Waals surface area contributed by atoms with Crippen molar-refractivity contribution in [2.75, 3.05) is 35.5 Å². The molecule has 0 aliphatic heterocycles. The summed E-state index contributed by atoms with van der Waals surface area (Å²) in [6, 6.07) is 0. The van der Waals surface area contributed by atoms with Crippen molar-refractivity contribution in [3.8, 4) is 0 Å². The Hall–Kier alpha value is -0.686. The molecule has 0 atom stereocenters. The average Bonchev–Trinajstić information content (AvgIpc) is 2.44. The van der Waals surface area contributed by atoms with Crippen LogP contribution in [-0.4, -0.2) is 53.4 Å². The summed E-state index contributed by atoms with van der Waals surface area (Å²) < 4.78 is 35.3. The second-order valence-corrected chi connectivity index (χ2v) is 9.17. The summed E-state index contributed by atoms with van der Waals surface area (Å²) in [5.74, 6) is 1.14. The molecule has 0 spiro atoms. The van der Waals surface area contributed by atoms with Gasteiger partial charge < -0.3 is 31.0 Å². The highest BCUT2D eigenvalue weighted by molar-refractivity contribution is 6.59. The van der Waals surface area contributed by atoms with Crippen LogP contribution in [0.4, 0.5) is 0 Å². The molecule has 0 rings (SSSR count). The maximum Gasteiger partial charge on any atom is 0.748 e. The van der Waals surface area contributed by atoms with Crippen LogP contribution in [0.15, 0.2) is 24.7 Å². The Morgan fingerprint density at radius 2 is 1.00 bits per heavy atom. The van der Waals surface area contributed by atoms with E-state index in [2.05, 4.69) is 13.2 Å². The van der Waals surface area contributed by atoms with Crippen molar-refractivity contribution < 1.29 is 31.0 Å². The Bertz CT molecular complexity index is 306. The molecule has 0 saturated carbocycles. The maximum absolute atomic E-state index is 5.24. The normalized spacial score (nSPS) is 11.2. The first kappa shape index (κ1) is 22.6. The molecule has 0 fully saturated rings. The van der Waals surface area contributed by atoms with E-state index >= 15 is 0 Å². The Kier molecular flexibility index (Phi) is 11.8. The van der Waals surface area contributed by atoms with Crippen molar-refractivity contribution >= 4 is 17.9 Å². The van der Waals surface area contributed by atoms with Gasteiger partial charge in [-0.25, -0.2) is 0 Å². The summed E-state index contributed by atoms with van der Waals surface area (Å²) in [7, 11) is 2.32. The molecular formula is C12H28O7Si2. The van der Waals surface area contributed by atoms with Gasteiger partial charge >= 0.3 is 17.9 Å². The van der Waals surface area contributed by atoms with E-state index in [-0.39, 0.29) is 0 Å². The molecule has 0 saturated heterocycles. The summed E-state index contributed by atoms with van der Waals surface area (Å²) in [5.41, 5.74) is 0. The van der Waals surface area contributed by atoms with Gasteiger partial charge in [0.15, 0.2) is 0 Å². The minimum absolute atomic E-state index is 0.516. The Balaban J connectivity index is 0. The lowest BCUT2D eigenvalue weighted by molar-refractivity contribution is 0.0279. The number of rotatable bonds is 9. The standard InChI is InChI=1S/C6H14O4Si.C6H14O3Si/c1-6(2)10-11(7-3,8-4)9-5;1-6(2)9-10(5,7-3)8-4/h1H2,2-5H3;1H2,2-5H3. The van der Waals surface area contributed by atoms with Crippen molar-refractivity contribution in [1.29, 1.82) is 0 Å². The monoisotopic (exact) mass is 340 g/mol. The molecule has 126 valence electrons. The van der Waals surface area contributed by atoms with E-state index in [1.54, 1.807) is 28.1 Å². The van der Waals surface area contributed by atoms with Gasteiger partial charge in [-0.15, -0.1) is 0 Å². The van der Waals surface area contributed by atoms with Crippen LogP contribution in [0.25, 0.3) is 0 Å². The molecule has 0 radical (unpaired) electrons. The van der Waals surface area contributed by atoms with Gasteiger partial charge in [0, 0.05) is 42.1 Å². The third-order valence-electron chi connectivity index (χ3n) is 2.15. The zero-order chi connectivity index (χ0) is 17.1. The summed E-state index contributed by atoms with van der Waals surface area (Å²) in [6.07, 6.45) is 0. The van der Waals surface area contributed by atoms with E-state index < -0.39 is 17.9 Å². The molecule has 0 bridgehead atoms. The van der Waals surface area contributed by atoms with Gasteiger partial charge in [-0.3, -0.25) is 0 Å². The summed E-state index contributed by atoms with van der Waals surface area (Å²) >= 11 is 0. The summed E-state index contributed by atoms with van der Waals surface area (Å²) in [6.45, 7) is 12.4. The van der Waals surface area contributed by atoms with Crippen molar-refractivity contribution in [3.63, 3.8) is 0 Å². The second kappa shape index (κ2) is 11.0. The van der Waals surface area contributed by atoms with Crippen LogP contribution in [0.3, 0.4) is 0 Å². The Morgan fingerprint density at radius 3 is 1.10 bits per heavy atom. The van der Waals surface area contributed by atoms with Crippen LogP contribution < -0.4 is 0 Å². The molecule has 0 aromatic carbocycles. The largest absolute Gasteiger partial charge is 0.748 e. The van der Waals surface area contributed by atoms with Crippen LogP contribution in [-0.2, 0) is 31.0 Å². The van der Waals surface area contributed by atoms with E-state index in [9.17, 15) is 0 Å². The van der Waals surface area contributed by atoms with E-state index in [1.807, 2.05) is 6.55 Å². The molecule has 21 heavy (non-hydrogen) atoms. The molecule has 9 heteroatoms.